The van der Waals surface area contributed by atoms with Gasteiger partial charge in [-0.25, -0.2) is 8.42 Å². The summed E-state index contributed by atoms with van der Waals surface area (Å²) in [5, 5.41) is 0. The molecule has 0 radical (unpaired) electrons. The topological polar surface area (TPSA) is 57.7 Å². The lowest BCUT2D eigenvalue weighted by Crippen LogP contribution is -2.37. The summed E-state index contributed by atoms with van der Waals surface area (Å²) < 4.78 is 26.7. The molecule has 1 aliphatic carbocycles. The van der Waals surface area contributed by atoms with Crippen LogP contribution in [0, 0.1) is 5.92 Å². The molecule has 3 rings (SSSR count). The Labute approximate surface area is 125 Å². The molecular weight excluding hydrogens is 288 g/mol. The van der Waals surface area contributed by atoms with Crippen LogP contribution >= 0.6 is 0 Å². The van der Waals surface area contributed by atoms with Gasteiger partial charge in [0, 0.05) is 32.1 Å². The predicted octanol–water partition coefficient (Wildman–Crippen LogP) is 1.32. The van der Waals surface area contributed by atoms with Gasteiger partial charge in [0.25, 0.3) is 0 Å². The molecule has 0 bridgehead atoms. The average Bonchev–Trinajstić information content (AvgIpc) is 3.33. The highest BCUT2D eigenvalue weighted by Crippen LogP contribution is 2.31. The number of hydrogen-bond acceptors (Lipinski definition) is 3. The first kappa shape index (κ1) is 14.5. The Hall–Kier alpha value is -1.40. The third kappa shape index (κ3) is 3.11. The minimum atomic E-state index is -3.44. The number of carbonyl (C=O) groups is 1. The number of hydrogen-bond donors (Lipinski definition) is 0. The second kappa shape index (κ2) is 5.77. The van der Waals surface area contributed by atoms with Gasteiger partial charge in [-0.3, -0.25) is 4.79 Å². The molecule has 0 unspecified atom stereocenters. The van der Waals surface area contributed by atoms with Gasteiger partial charge in [0.2, 0.25) is 15.9 Å². The van der Waals surface area contributed by atoms with Crippen LogP contribution in [0.5, 0.6) is 0 Å². The maximum atomic E-state index is 12.6. The maximum absolute atomic E-state index is 12.6. The highest BCUT2D eigenvalue weighted by Gasteiger charge is 2.35. The maximum Gasteiger partial charge on any atom is 0.243 e. The first-order valence-corrected chi connectivity index (χ1v) is 8.87. The van der Waals surface area contributed by atoms with Gasteiger partial charge < -0.3 is 4.90 Å². The van der Waals surface area contributed by atoms with Gasteiger partial charge in [-0.05, 0) is 31.4 Å². The summed E-state index contributed by atoms with van der Waals surface area (Å²) >= 11 is 0. The van der Waals surface area contributed by atoms with Crippen molar-refractivity contribution in [2.24, 2.45) is 5.92 Å². The van der Waals surface area contributed by atoms with Crippen LogP contribution in [0.1, 0.15) is 19.3 Å². The molecule has 1 aromatic rings. The third-order valence-electron chi connectivity index (χ3n) is 4.07. The van der Waals surface area contributed by atoms with E-state index < -0.39 is 10.0 Å². The number of nitrogens with zero attached hydrogens (tertiary/aromatic N) is 2. The van der Waals surface area contributed by atoms with E-state index >= 15 is 0 Å². The van der Waals surface area contributed by atoms with Crippen molar-refractivity contribution in [1.82, 2.24) is 9.21 Å². The van der Waals surface area contributed by atoms with Crippen molar-refractivity contribution >= 4 is 15.9 Å². The summed E-state index contributed by atoms with van der Waals surface area (Å²) in [5.74, 6) is 0.399. The van der Waals surface area contributed by atoms with E-state index in [9.17, 15) is 13.2 Å². The van der Waals surface area contributed by atoms with Crippen molar-refractivity contribution in [3.8, 4) is 0 Å². The van der Waals surface area contributed by atoms with Gasteiger partial charge >= 0.3 is 0 Å². The van der Waals surface area contributed by atoms with E-state index in [1.54, 1.807) is 30.3 Å². The van der Waals surface area contributed by atoms with Gasteiger partial charge in [-0.15, -0.1) is 0 Å². The van der Waals surface area contributed by atoms with Gasteiger partial charge in [-0.1, -0.05) is 18.2 Å². The molecule has 1 amide bonds. The zero-order chi connectivity index (χ0) is 14.9. The largest absolute Gasteiger partial charge is 0.341 e. The Bertz CT molecular complexity index is 611. The van der Waals surface area contributed by atoms with Crippen molar-refractivity contribution in [3.05, 3.63) is 30.3 Å². The second-order valence-electron chi connectivity index (χ2n) is 5.67. The monoisotopic (exact) mass is 308 g/mol. The van der Waals surface area contributed by atoms with Gasteiger partial charge in [0.05, 0.1) is 4.90 Å². The molecule has 2 fully saturated rings. The third-order valence-corrected chi connectivity index (χ3v) is 5.99. The minimum absolute atomic E-state index is 0.197. The van der Waals surface area contributed by atoms with E-state index in [-0.39, 0.29) is 11.8 Å². The van der Waals surface area contributed by atoms with Crippen LogP contribution in [0.2, 0.25) is 0 Å². The molecule has 5 nitrogen and oxygen atoms in total. The Morgan fingerprint density at radius 3 is 2.38 bits per heavy atom. The lowest BCUT2D eigenvalue weighted by Gasteiger charge is -2.22. The number of amides is 1. The number of carbonyl (C=O) groups excluding carboxylic acids is 1. The Kier molecular flexibility index (Phi) is 3.99. The molecule has 1 saturated heterocycles. The fraction of sp³-hybridized carbons (Fsp3) is 0.533. The average molecular weight is 308 g/mol. The molecule has 6 heteroatoms. The molecule has 1 heterocycles. The standard InChI is InChI=1S/C15H20N2O3S/c18-15(13-7-8-13)16-9-4-10-17(12-11-16)21(19,20)14-5-2-1-3-6-14/h1-3,5-6,13H,4,7-12H2. The van der Waals surface area contributed by atoms with Crippen molar-refractivity contribution in [2.75, 3.05) is 26.2 Å². The summed E-state index contributed by atoms with van der Waals surface area (Å²) in [4.78, 5) is 14.3. The van der Waals surface area contributed by atoms with Gasteiger partial charge in [0.1, 0.15) is 0 Å². The smallest absolute Gasteiger partial charge is 0.243 e. The Balaban J connectivity index is 1.71. The van der Waals surface area contributed by atoms with Crippen molar-refractivity contribution in [3.63, 3.8) is 0 Å². The summed E-state index contributed by atoms with van der Waals surface area (Å²) in [6.45, 7) is 2.03. The molecular formula is C15H20N2O3S. The summed E-state index contributed by atoms with van der Waals surface area (Å²) in [7, 11) is -3.44. The molecule has 114 valence electrons. The fourth-order valence-corrected chi connectivity index (χ4v) is 4.18. The Morgan fingerprint density at radius 2 is 1.71 bits per heavy atom. The fourth-order valence-electron chi connectivity index (χ4n) is 2.68. The second-order valence-corrected chi connectivity index (χ2v) is 7.61. The van der Waals surface area contributed by atoms with Crippen molar-refractivity contribution in [1.29, 1.82) is 0 Å². The normalized spacial score (nSPS) is 21.0. The lowest BCUT2D eigenvalue weighted by molar-refractivity contribution is -0.132. The highest BCUT2D eigenvalue weighted by atomic mass is 32.2. The molecule has 0 spiro atoms. The molecule has 0 N–H and O–H groups in total. The number of rotatable bonds is 3. The van der Waals surface area contributed by atoms with E-state index in [4.69, 9.17) is 0 Å². The first-order valence-electron chi connectivity index (χ1n) is 7.43. The van der Waals surface area contributed by atoms with Crippen LogP contribution in [-0.4, -0.2) is 49.7 Å². The number of benzene rings is 1. The van der Waals surface area contributed by atoms with Crippen LogP contribution in [-0.2, 0) is 14.8 Å². The van der Waals surface area contributed by atoms with Crippen molar-refractivity contribution < 1.29 is 13.2 Å². The van der Waals surface area contributed by atoms with Crippen LogP contribution in [0.15, 0.2) is 35.2 Å². The molecule has 0 aromatic heterocycles. The van der Waals surface area contributed by atoms with Crippen LogP contribution < -0.4 is 0 Å². The van der Waals surface area contributed by atoms with E-state index in [1.807, 2.05) is 4.90 Å². The minimum Gasteiger partial charge on any atom is -0.341 e. The van der Waals surface area contributed by atoms with Crippen molar-refractivity contribution in [2.45, 2.75) is 24.2 Å². The molecule has 1 saturated carbocycles. The molecule has 0 atom stereocenters. The van der Waals surface area contributed by atoms with E-state index in [1.165, 1.54) is 4.31 Å². The first-order chi connectivity index (χ1) is 10.1. The SMILES string of the molecule is O=C(C1CC1)N1CCCN(S(=O)(=O)c2ccccc2)CC1. The molecule has 21 heavy (non-hydrogen) atoms. The van der Waals surface area contributed by atoms with E-state index in [0.717, 1.165) is 12.8 Å². The zero-order valence-corrected chi connectivity index (χ0v) is 12.8. The number of sulfonamides is 1. The highest BCUT2D eigenvalue weighted by molar-refractivity contribution is 7.89. The summed E-state index contributed by atoms with van der Waals surface area (Å²) in [6.07, 6.45) is 2.67. The lowest BCUT2D eigenvalue weighted by atomic mass is 10.3. The molecule has 1 aromatic carbocycles. The quantitative estimate of drug-likeness (QED) is 0.846. The van der Waals surface area contributed by atoms with Gasteiger partial charge in [0.15, 0.2) is 0 Å². The van der Waals surface area contributed by atoms with E-state index in [2.05, 4.69) is 0 Å². The summed E-state index contributed by atoms with van der Waals surface area (Å²) in [6, 6.07) is 8.50. The van der Waals surface area contributed by atoms with Crippen LogP contribution in [0.4, 0.5) is 0 Å². The predicted molar refractivity (Wildman–Crippen MR) is 79.1 cm³/mol. The molecule has 1 aliphatic heterocycles. The summed E-state index contributed by atoms with van der Waals surface area (Å²) in [5.41, 5.74) is 0. The Morgan fingerprint density at radius 1 is 1.00 bits per heavy atom. The van der Waals surface area contributed by atoms with Gasteiger partial charge in [-0.2, -0.15) is 4.31 Å². The van der Waals surface area contributed by atoms with Crippen LogP contribution in [0.25, 0.3) is 0 Å². The molecule has 2 aliphatic rings. The zero-order valence-electron chi connectivity index (χ0n) is 11.9. The van der Waals surface area contributed by atoms with E-state index in [0.29, 0.717) is 37.5 Å². The van der Waals surface area contributed by atoms with Crippen LogP contribution in [0.3, 0.4) is 0 Å².